The lowest BCUT2D eigenvalue weighted by molar-refractivity contribution is -0.136. The number of carbonyl (C=O) groups excluding carboxylic acids is 1. The van der Waals surface area contributed by atoms with Crippen LogP contribution in [0.4, 0.5) is 0 Å². The van der Waals surface area contributed by atoms with Gasteiger partial charge >= 0.3 is 0 Å². The Morgan fingerprint density at radius 2 is 1.78 bits per heavy atom. The molecule has 2 aromatic rings. The standard InChI is InChI=1S/C21H25ClN2O3/c1-2-26-19-7-9-20(10-8-19)27-15-21(25)24-12-11-23-14-18(24)13-16-3-5-17(22)6-4-16/h3-10,18,23H,2,11-15H2,1H3. The summed E-state index contributed by atoms with van der Waals surface area (Å²) in [4.78, 5) is 14.6. The average Bonchev–Trinajstić information content (AvgIpc) is 2.70. The number of benzene rings is 2. The van der Waals surface area contributed by atoms with E-state index < -0.39 is 0 Å². The molecule has 0 saturated carbocycles. The lowest BCUT2D eigenvalue weighted by atomic mass is 10.0. The fourth-order valence-electron chi connectivity index (χ4n) is 3.19. The van der Waals surface area contributed by atoms with Gasteiger partial charge in [0.15, 0.2) is 6.61 Å². The fourth-order valence-corrected chi connectivity index (χ4v) is 3.32. The molecule has 1 aliphatic rings. The van der Waals surface area contributed by atoms with Gasteiger partial charge in [-0.3, -0.25) is 4.79 Å². The zero-order valence-electron chi connectivity index (χ0n) is 15.5. The van der Waals surface area contributed by atoms with E-state index in [4.69, 9.17) is 21.1 Å². The minimum Gasteiger partial charge on any atom is -0.494 e. The van der Waals surface area contributed by atoms with E-state index in [-0.39, 0.29) is 18.6 Å². The van der Waals surface area contributed by atoms with Crippen molar-refractivity contribution in [1.82, 2.24) is 10.2 Å². The fraction of sp³-hybridized carbons (Fsp3) is 0.381. The molecule has 144 valence electrons. The molecule has 0 aromatic heterocycles. The predicted octanol–water partition coefficient (Wildman–Crippen LogP) is 3.16. The highest BCUT2D eigenvalue weighted by atomic mass is 35.5. The van der Waals surface area contributed by atoms with Crippen molar-refractivity contribution >= 4 is 17.5 Å². The number of nitrogens with one attached hydrogen (secondary N) is 1. The van der Waals surface area contributed by atoms with Crippen LogP contribution in [-0.2, 0) is 11.2 Å². The quantitative estimate of drug-likeness (QED) is 0.791. The minimum absolute atomic E-state index is 0.00403. The van der Waals surface area contributed by atoms with Crippen molar-refractivity contribution in [2.24, 2.45) is 0 Å². The summed E-state index contributed by atoms with van der Waals surface area (Å²) in [5.41, 5.74) is 1.17. The molecular formula is C21H25ClN2O3. The number of halogens is 1. The van der Waals surface area contributed by atoms with Gasteiger partial charge in [-0.25, -0.2) is 0 Å². The molecule has 0 spiro atoms. The molecule has 5 nitrogen and oxygen atoms in total. The molecule has 2 aromatic carbocycles. The summed E-state index contributed by atoms with van der Waals surface area (Å²) in [5.74, 6) is 1.46. The van der Waals surface area contributed by atoms with Crippen LogP contribution < -0.4 is 14.8 Å². The first-order valence-corrected chi connectivity index (χ1v) is 9.64. The third kappa shape index (κ3) is 5.62. The number of ether oxygens (including phenoxy) is 2. The van der Waals surface area contributed by atoms with Gasteiger partial charge in [0.25, 0.3) is 5.91 Å². The molecule has 1 saturated heterocycles. The first-order chi connectivity index (χ1) is 13.2. The summed E-state index contributed by atoms with van der Waals surface area (Å²) in [6, 6.07) is 15.2. The Kier molecular flexibility index (Phi) is 6.96. The third-order valence-electron chi connectivity index (χ3n) is 4.55. The van der Waals surface area contributed by atoms with Gasteiger partial charge in [0, 0.05) is 30.7 Å². The van der Waals surface area contributed by atoms with Crippen LogP contribution in [0.2, 0.25) is 5.02 Å². The first kappa shape index (κ1) is 19.5. The minimum atomic E-state index is 0.00403. The topological polar surface area (TPSA) is 50.8 Å². The molecule has 1 heterocycles. The van der Waals surface area contributed by atoms with Crippen molar-refractivity contribution < 1.29 is 14.3 Å². The van der Waals surface area contributed by atoms with E-state index in [1.165, 1.54) is 5.56 Å². The SMILES string of the molecule is CCOc1ccc(OCC(=O)N2CCNCC2Cc2ccc(Cl)cc2)cc1. The smallest absolute Gasteiger partial charge is 0.260 e. The van der Waals surface area contributed by atoms with Gasteiger partial charge in [0.2, 0.25) is 0 Å². The van der Waals surface area contributed by atoms with Crippen molar-refractivity contribution in [3.8, 4) is 11.5 Å². The molecule has 1 N–H and O–H groups in total. The van der Waals surface area contributed by atoms with E-state index in [9.17, 15) is 4.79 Å². The van der Waals surface area contributed by atoms with Crippen molar-refractivity contribution in [1.29, 1.82) is 0 Å². The molecule has 0 bridgehead atoms. The van der Waals surface area contributed by atoms with Crippen LogP contribution >= 0.6 is 11.6 Å². The van der Waals surface area contributed by atoms with Gasteiger partial charge in [-0.1, -0.05) is 23.7 Å². The Morgan fingerprint density at radius 1 is 1.11 bits per heavy atom. The molecule has 0 aliphatic carbocycles. The normalized spacial score (nSPS) is 16.8. The van der Waals surface area contributed by atoms with E-state index >= 15 is 0 Å². The maximum atomic E-state index is 12.7. The van der Waals surface area contributed by atoms with E-state index in [1.807, 2.05) is 60.4 Å². The zero-order chi connectivity index (χ0) is 19.1. The largest absolute Gasteiger partial charge is 0.494 e. The molecular weight excluding hydrogens is 364 g/mol. The molecule has 6 heteroatoms. The van der Waals surface area contributed by atoms with Crippen LogP contribution in [0.1, 0.15) is 12.5 Å². The molecule has 1 fully saturated rings. The van der Waals surface area contributed by atoms with Crippen LogP contribution in [0.5, 0.6) is 11.5 Å². The van der Waals surface area contributed by atoms with E-state index in [0.717, 1.165) is 30.3 Å². The lowest BCUT2D eigenvalue weighted by Gasteiger charge is -2.36. The van der Waals surface area contributed by atoms with Gasteiger partial charge in [0.05, 0.1) is 6.61 Å². The van der Waals surface area contributed by atoms with Crippen LogP contribution in [0.3, 0.4) is 0 Å². The highest BCUT2D eigenvalue weighted by molar-refractivity contribution is 6.30. The lowest BCUT2D eigenvalue weighted by Crippen LogP contribution is -2.55. The van der Waals surface area contributed by atoms with Gasteiger partial charge < -0.3 is 19.7 Å². The van der Waals surface area contributed by atoms with E-state index in [0.29, 0.717) is 18.9 Å². The van der Waals surface area contributed by atoms with Crippen molar-refractivity contribution in [2.45, 2.75) is 19.4 Å². The number of amides is 1. The number of carbonyl (C=O) groups is 1. The third-order valence-corrected chi connectivity index (χ3v) is 4.80. The molecule has 1 amide bonds. The van der Waals surface area contributed by atoms with E-state index in [2.05, 4.69) is 5.32 Å². The summed E-state index contributed by atoms with van der Waals surface area (Å²) >= 11 is 5.96. The van der Waals surface area contributed by atoms with Crippen LogP contribution in [0.25, 0.3) is 0 Å². The Bertz CT molecular complexity index is 734. The number of hydrogen-bond donors (Lipinski definition) is 1. The molecule has 0 radical (unpaired) electrons. The summed E-state index contributed by atoms with van der Waals surface area (Å²) in [6.07, 6.45) is 0.791. The van der Waals surface area contributed by atoms with Gasteiger partial charge in [-0.05, 0) is 55.3 Å². The maximum absolute atomic E-state index is 12.7. The first-order valence-electron chi connectivity index (χ1n) is 9.26. The second-order valence-electron chi connectivity index (χ2n) is 6.47. The molecule has 1 atom stereocenters. The monoisotopic (exact) mass is 388 g/mol. The Hall–Kier alpha value is -2.24. The molecule has 27 heavy (non-hydrogen) atoms. The molecule has 1 unspecified atom stereocenters. The van der Waals surface area contributed by atoms with E-state index in [1.54, 1.807) is 0 Å². The Balaban J connectivity index is 1.56. The predicted molar refractivity (Wildman–Crippen MR) is 107 cm³/mol. The maximum Gasteiger partial charge on any atom is 0.260 e. The summed E-state index contributed by atoms with van der Waals surface area (Å²) in [6.45, 7) is 4.85. The number of rotatable bonds is 7. The van der Waals surface area contributed by atoms with Crippen molar-refractivity contribution in [3.05, 3.63) is 59.1 Å². The number of nitrogens with zero attached hydrogens (tertiary/aromatic N) is 1. The van der Waals surface area contributed by atoms with Crippen molar-refractivity contribution in [2.75, 3.05) is 32.8 Å². The molecule has 3 rings (SSSR count). The van der Waals surface area contributed by atoms with Crippen LogP contribution in [0, 0.1) is 0 Å². The summed E-state index contributed by atoms with van der Waals surface area (Å²) in [7, 11) is 0. The Labute approximate surface area is 165 Å². The second kappa shape index (κ2) is 9.62. The number of hydrogen-bond acceptors (Lipinski definition) is 4. The number of piperazine rings is 1. The van der Waals surface area contributed by atoms with Gasteiger partial charge in [-0.15, -0.1) is 0 Å². The van der Waals surface area contributed by atoms with Crippen LogP contribution in [0.15, 0.2) is 48.5 Å². The zero-order valence-corrected chi connectivity index (χ0v) is 16.2. The van der Waals surface area contributed by atoms with Crippen LogP contribution in [-0.4, -0.2) is 49.7 Å². The highest BCUT2D eigenvalue weighted by Gasteiger charge is 2.26. The van der Waals surface area contributed by atoms with Gasteiger partial charge in [0.1, 0.15) is 11.5 Å². The highest BCUT2D eigenvalue weighted by Crippen LogP contribution is 2.18. The van der Waals surface area contributed by atoms with Gasteiger partial charge in [-0.2, -0.15) is 0 Å². The Morgan fingerprint density at radius 3 is 2.44 bits per heavy atom. The average molecular weight is 389 g/mol. The summed E-state index contributed by atoms with van der Waals surface area (Å²) < 4.78 is 11.1. The molecule has 1 aliphatic heterocycles. The van der Waals surface area contributed by atoms with Crippen molar-refractivity contribution in [3.63, 3.8) is 0 Å². The second-order valence-corrected chi connectivity index (χ2v) is 6.91. The summed E-state index contributed by atoms with van der Waals surface area (Å²) in [5, 5.41) is 4.09.